The first-order valence-corrected chi connectivity index (χ1v) is 11.2. The zero-order valence-electron chi connectivity index (χ0n) is 17.7. The molecule has 3 aliphatic rings. The van der Waals surface area contributed by atoms with E-state index >= 15 is 0 Å². The van der Waals surface area contributed by atoms with Crippen LogP contribution in [0.5, 0.6) is 0 Å². The van der Waals surface area contributed by atoms with Crippen LogP contribution >= 0.6 is 0 Å². The number of likely N-dealkylation sites (tertiary alicyclic amines) is 1. The highest BCUT2D eigenvalue weighted by Gasteiger charge is 2.39. The second-order valence-electron chi connectivity index (χ2n) is 8.95. The van der Waals surface area contributed by atoms with Gasteiger partial charge in [-0.2, -0.15) is 0 Å². The van der Waals surface area contributed by atoms with Gasteiger partial charge >= 0.3 is 0 Å². The quantitative estimate of drug-likeness (QED) is 0.372. The van der Waals surface area contributed by atoms with Crippen molar-refractivity contribution in [2.75, 3.05) is 31.6 Å². The summed E-state index contributed by atoms with van der Waals surface area (Å²) in [5.74, 6) is 5.94. The van der Waals surface area contributed by atoms with Crippen LogP contribution in [0.15, 0.2) is 36.7 Å². The van der Waals surface area contributed by atoms with E-state index in [0.29, 0.717) is 23.5 Å². The zero-order valence-corrected chi connectivity index (χ0v) is 17.7. The fraction of sp³-hybridized carbons (Fsp3) is 0.522. The maximum absolute atomic E-state index is 11.6. The minimum atomic E-state index is -0.396. The van der Waals surface area contributed by atoms with E-state index in [1.165, 1.54) is 55.9 Å². The number of ether oxygens (including phenoxy) is 1. The molecule has 1 saturated carbocycles. The number of benzene rings is 1. The predicted octanol–water partition coefficient (Wildman–Crippen LogP) is 2.15. The lowest BCUT2D eigenvalue weighted by Gasteiger charge is -2.43. The van der Waals surface area contributed by atoms with E-state index < -0.39 is 5.91 Å². The molecule has 5 rings (SSSR count). The minimum Gasteiger partial charge on any atom is -0.378 e. The number of nitrogens with one attached hydrogen (secondary N) is 2. The van der Waals surface area contributed by atoms with Gasteiger partial charge in [0.2, 0.25) is 5.95 Å². The average molecular weight is 423 g/mol. The van der Waals surface area contributed by atoms with Gasteiger partial charge in [-0.15, -0.1) is 0 Å². The van der Waals surface area contributed by atoms with Crippen molar-refractivity contribution in [2.45, 2.75) is 49.6 Å². The molecule has 3 fully saturated rings. The molecule has 1 aromatic carbocycles. The van der Waals surface area contributed by atoms with E-state index in [1.54, 1.807) is 0 Å². The SMILES string of the molecule is NNC(=O)c1cnc(NC2(c3ccc(C4CCN(C5COC5)CC4)cc3)CCC2)nc1. The van der Waals surface area contributed by atoms with Gasteiger partial charge in [0.15, 0.2) is 0 Å². The van der Waals surface area contributed by atoms with Gasteiger partial charge in [0.25, 0.3) is 5.91 Å². The molecule has 1 aromatic heterocycles. The van der Waals surface area contributed by atoms with E-state index in [-0.39, 0.29) is 5.54 Å². The number of carbonyl (C=O) groups excluding carboxylic acids is 1. The van der Waals surface area contributed by atoms with Crippen LogP contribution in [0, 0.1) is 0 Å². The van der Waals surface area contributed by atoms with Gasteiger partial charge in [0.1, 0.15) is 0 Å². The third-order valence-electron chi connectivity index (χ3n) is 7.20. The van der Waals surface area contributed by atoms with Crippen molar-refractivity contribution < 1.29 is 9.53 Å². The molecule has 0 unspecified atom stereocenters. The average Bonchev–Trinajstić information content (AvgIpc) is 2.76. The van der Waals surface area contributed by atoms with Crippen LogP contribution in [0.3, 0.4) is 0 Å². The van der Waals surface area contributed by atoms with Crippen LogP contribution in [-0.4, -0.2) is 53.1 Å². The van der Waals surface area contributed by atoms with Crippen LogP contribution in [0.25, 0.3) is 0 Å². The smallest absolute Gasteiger partial charge is 0.268 e. The van der Waals surface area contributed by atoms with E-state index in [2.05, 4.69) is 49.9 Å². The van der Waals surface area contributed by atoms with Crippen LogP contribution in [0.1, 0.15) is 59.5 Å². The number of hydrazine groups is 1. The number of amides is 1. The second-order valence-corrected chi connectivity index (χ2v) is 8.95. The molecule has 0 atom stereocenters. The van der Waals surface area contributed by atoms with Crippen molar-refractivity contribution >= 4 is 11.9 Å². The summed E-state index contributed by atoms with van der Waals surface area (Å²) in [5, 5.41) is 3.52. The Morgan fingerprint density at radius 1 is 1.10 bits per heavy atom. The number of hydrogen-bond acceptors (Lipinski definition) is 7. The lowest BCUT2D eigenvalue weighted by atomic mass is 9.71. The second kappa shape index (κ2) is 8.53. The molecule has 0 bridgehead atoms. The summed E-state index contributed by atoms with van der Waals surface area (Å²) in [6.07, 6.45) is 8.69. The van der Waals surface area contributed by atoms with Gasteiger partial charge < -0.3 is 10.1 Å². The number of nitrogens with zero attached hydrogens (tertiary/aromatic N) is 3. The van der Waals surface area contributed by atoms with Crippen LogP contribution in [0.2, 0.25) is 0 Å². The molecule has 2 aliphatic heterocycles. The molecule has 2 saturated heterocycles. The predicted molar refractivity (Wildman–Crippen MR) is 117 cm³/mol. The number of nitrogens with two attached hydrogens (primary N) is 1. The highest BCUT2D eigenvalue weighted by Crippen LogP contribution is 2.44. The lowest BCUT2D eigenvalue weighted by molar-refractivity contribution is -0.0712. The first-order chi connectivity index (χ1) is 15.2. The van der Waals surface area contributed by atoms with E-state index in [0.717, 1.165) is 26.1 Å². The molecular weight excluding hydrogens is 392 g/mol. The van der Waals surface area contributed by atoms with Crippen LogP contribution in [-0.2, 0) is 10.3 Å². The van der Waals surface area contributed by atoms with Gasteiger partial charge in [0, 0.05) is 12.4 Å². The van der Waals surface area contributed by atoms with Gasteiger partial charge in [-0.1, -0.05) is 24.3 Å². The third kappa shape index (κ3) is 4.03. The molecule has 3 heterocycles. The molecule has 0 radical (unpaired) electrons. The minimum absolute atomic E-state index is 0.135. The Morgan fingerprint density at radius 3 is 2.29 bits per heavy atom. The normalized spacial score (nSPS) is 21.7. The Hall–Kier alpha value is -2.55. The topological polar surface area (TPSA) is 105 Å². The van der Waals surface area contributed by atoms with Crippen molar-refractivity contribution in [2.24, 2.45) is 5.84 Å². The van der Waals surface area contributed by atoms with Crippen LogP contribution in [0.4, 0.5) is 5.95 Å². The number of anilines is 1. The summed E-state index contributed by atoms with van der Waals surface area (Å²) >= 11 is 0. The molecule has 164 valence electrons. The Kier molecular flexibility index (Phi) is 5.60. The van der Waals surface area contributed by atoms with Crippen molar-refractivity contribution in [1.82, 2.24) is 20.3 Å². The molecule has 0 spiro atoms. The molecule has 8 heteroatoms. The number of rotatable bonds is 6. The summed E-state index contributed by atoms with van der Waals surface area (Å²) in [6.45, 7) is 4.14. The molecule has 4 N–H and O–H groups in total. The van der Waals surface area contributed by atoms with Crippen molar-refractivity contribution in [3.63, 3.8) is 0 Å². The maximum atomic E-state index is 11.6. The van der Waals surface area contributed by atoms with Gasteiger partial charge in [0.05, 0.1) is 30.4 Å². The highest BCUT2D eigenvalue weighted by molar-refractivity contribution is 5.93. The molecule has 31 heavy (non-hydrogen) atoms. The number of hydrogen-bond donors (Lipinski definition) is 3. The fourth-order valence-corrected chi connectivity index (χ4v) is 4.93. The molecule has 1 aliphatic carbocycles. The van der Waals surface area contributed by atoms with E-state index in [4.69, 9.17) is 10.6 Å². The summed E-state index contributed by atoms with van der Waals surface area (Å²) in [6, 6.07) is 9.79. The van der Waals surface area contributed by atoms with Crippen LogP contribution < -0.4 is 16.6 Å². The Morgan fingerprint density at radius 2 is 1.77 bits per heavy atom. The largest absolute Gasteiger partial charge is 0.378 e. The summed E-state index contributed by atoms with van der Waals surface area (Å²) in [4.78, 5) is 22.8. The van der Waals surface area contributed by atoms with Crippen molar-refractivity contribution in [3.8, 4) is 0 Å². The van der Waals surface area contributed by atoms with E-state index in [9.17, 15) is 4.79 Å². The summed E-state index contributed by atoms with van der Waals surface area (Å²) in [7, 11) is 0. The number of piperidine rings is 1. The highest BCUT2D eigenvalue weighted by atomic mass is 16.5. The molecular formula is C23H30N6O2. The molecule has 2 aromatic rings. The van der Waals surface area contributed by atoms with Crippen molar-refractivity contribution in [1.29, 1.82) is 0 Å². The Labute approximate surface area is 182 Å². The molecule has 8 nitrogen and oxygen atoms in total. The zero-order chi connectivity index (χ0) is 21.3. The Bertz CT molecular complexity index is 901. The van der Waals surface area contributed by atoms with Gasteiger partial charge in [-0.25, -0.2) is 15.8 Å². The lowest BCUT2D eigenvalue weighted by Crippen LogP contribution is -2.51. The third-order valence-corrected chi connectivity index (χ3v) is 7.20. The molecule has 1 amide bonds. The standard InChI is InChI=1S/C23H30N6O2/c24-28-21(30)18-12-25-22(26-13-18)27-23(8-1-9-23)19-4-2-16(3-5-19)17-6-10-29(11-7-17)20-14-31-15-20/h2-5,12-13,17,20H,1,6-11,14-15,24H2,(H,28,30)(H,25,26,27). The fourth-order valence-electron chi connectivity index (χ4n) is 4.93. The van der Waals surface area contributed by atoms with E-state index in [1.807, 2.05) is 0 Å². The number of aromatic nitrogens is 2. The van der Waals surface area contributed by atoms with Gasteiger partial charge in [-0.3, -0.25) is 15.1 Å². The first kappa shape index (κ1) is 20.4. The van der Waals surface area contributed by atoms with Gasteiger partial charge in [-0.05, 0) is 62.2 Å². The monoisotopic (exact) mass is 422 g/mol. The summed E-state index contributed by atoms with van der Waals surface area (Å²) in [5.41, 5.74) is 5.02. The number of nitrogen functional groups attached to an aromatic ring is 1. The maximum Gasteiger partial charge on any atom is 0.268 e. The first-order valence-electron chi connectivity index (χ1n) is 11.2. The Balaban J connectivity index is 1.24. The van der Waals surface area contributed by atoms with Crippen molar-refractivity contribution in [3.05, 3.63) is 53.3 Å². The summed E-state index contributed by atoms with van der Waals surface area (Å²) < 4.78 is 5.35. The number of carbonyl (C=O) groups is 1.